The molecule has 5 heteroatoms. The lowest BCUT2D eigenvalue weighted by molar-refractivity contribution is 0.137. The molecule has 16 heavy (non-hydrogen) atoms. The molecule has 5 nitrogen and oxygen atoms in total. The number of nitrogens with zero attached hydrogens (tertiary/aromatic N) is 3. The van der Waals surface area contributed by atoms with Crippen molar-refractivity contribution in [2.45, 2.75) is 37.8 Å². The third-order valence-electron chi connectivity index (χ3n) is 2.75. The summed E-state index contributed by atoms with van der Waals surface area (Å²) in [5.74, 6) is 0.323. The highest BCUT2D eigenvalue weighted by Gasteiger charge is 2.22. The average Bonchev–Trinajstić information content (AvgIpc) is 2.30. The summed E-state index contributed by atoms with van der Waals surface area (Å²) in [5, 5.41) is 16.4. The van der Waals surface area contributed by atoms with Crippen LogP contribution in [0, 0.1) is 11.3 Å². The Hall–Kier alpha value is -1.67. The van der Waals surface area contributed by atoms with Crippen LogP contribution < -0.4 is 10.5 Å². The maximum atomic E-state index is 8.88. The van der Waals surface area contributed by atoms with Gasteiger partial charge in [-0.25, -0.2) is 0 Å². The zero-order valence-electron chi connectivity index (χ0n) is 8.97. The molecular formula is C11H14N4O. The maximum absolute atomic E-state index is 8.88. The van der Waals surface area contributed by atoms with Gasteiger partial charge in [0.2, 0.25) is 0 Å². The van der Waals surface area contributed by atoms with Gasteiger partial charge in [0.05, 0.1) is 6.20 Å². The van der Waals surface area contributed by atoms with E-state index in [0.717, 1.165) is 25.7 Å². The van der Waals surface area contributed by atoms with Crippen LogP contribution >= 0.6 is 0 Å². The van der Waals surface area contributed by atoms with Gasteiger partial charge < -0.3 is 10.5 Å². The van der Waals surface area contributed by atoms with Crippen LogP contribution in [0.2, 0.25) is 0 Å². The second kappa shape index (κ2) is 4.90. The molecule has 0 amide bonds. The number of nitrogens with two attached hydrogens (primary N) is 1. The fraction of sp³-hybridized carbons (Fsp3) is 0.545. The zero-order valence-corrected chi connectivity index (χ0v) is 8.97. The summed E-state index contributed by atoms with van der Waals surface area (Å²) in [6.07, 6.45) is 5.45. The molecule has 0 aliphatic heterocycles. The van der Waals surface area contributed by atoms with Crippen LogP contribution in [0.1, 0.15) is 31.2 Å². The Balaban J connectivity index is 2.06. The minimum absolute atomic E-state index is 0.0625. The minimum Gasteiger partial charge on any atom is -0.472 e. The van der Waals surface area contributed by atoms with Gasteiger partial charge in [0.25, 0.3) is 5.88 Å². The molecule has 2 rings (SSSR count). The van der Waals surface area contributed by atoms with Crippen molar-refractivity contribution in [3.05, 3.63) is 17.8 Å². The van der Waals surface area contributed by atoms with Crippen molar-refractivity contribution in [2.24, 2.45) is 5.73 Å². The topological polar surface area (TPSA) is 84.8 Å². The highest BCUT2D eigenvalue weighted by atomic mass is 16.5. The minimum atomic E-state index is 0.0625. The van der Waals surface area contributed by atoms with Gasteiger partial charge in [0.15, 0.2) is 0 Å². The quantitative estimate of drug-likeness (QED) is 0.800. The van der Waals surface area contributed by atoms with E-state index in [1.807, 2.05) is 6.07 Å². The van der Waals surface area contributed by atoms with Gasteiger partial charge in [-0.2, -0.15) is 10.4 Å². The fourth-order valence-electron chi connectivity index (χ4n) is 1.94. The van der Waals surface area contributed by atoms with Gasteiger partial charge in [-0.1, -0.05) is 0 Å². The van der Waals surface area contributed by atoms with Crippen molar-refractivity contribution < 1.29 is 4.74 Å². The molecule has 1 saturated carbocycles. The summed E-state index contributed by atoms with van der Waals surface area (Å²) < 4.78 is 5.67. The maximum Gasteiger partial charge on any atom is 0.251 e. The molecule has 1 aliphatic rings. The monoisotopic (exact) mass is 218 g/mol. The van der Waals surface area contributed by atoms with Gasteiger partial charge in [0.1, 0.15) is 17.7 Å². The molecule has 1 aliphatic carbocycles. The van der Waals surface area contributed by atoms with Crippen LogP contribution in [0.3, 0.4) is 0 Å². The predicted molar refractivity (Wildman–Crippen MR) is 57.6 cm³/mol. The molecule has 2 unspecified atom stereocenters. The van der Waals surface area contributed by atoms with Gasteiger partial charge in [-0.3, -0.25) is 0 Å². The lowest BCUT2D eigenvalue weighted by Gasteiger charge is -2.26. The average molecular weight is 218 g/mol. The normalized spacial score (nSPS) is 24.8. The summed E-state index contributed by atoms with van der Waals surface area (Å²) in [5.41, 5.74) is 6.29. The highest BCUT2D eigenvalue weighted by molar-refractivity contribution is 5.35. The number of rotatable bonds is 2. The van der Waals surface area contributed by atoms with Gasteiger partial charge in [-0.05, 0) is 31.7 Å². The number of aromatic nitrogens is 2. The van der Waals surface area contributed by atoms with Gasteiger partial charge >= 0.3 is 0 Å². The molecule has 0 aromatic carbocycles. The first-order valence-corrected chi connectivity index (χ1v) is 5.43. The Morgan fingerprint density at radius 2 is 2.38 bits per heavy atom. The second-order valence-electron chi connectivity index (χ2n) is 4.03. The first-order valence-electron chi connectivity index (χ1n) is 5.43. The second-order valence-corrected chi connectivity index (χ2v) is 4.03. The summed E-state index contributed by atoms with van der Waals surface area (Å²) >= 11 is 0. The Kier molecular flexibility index (Phi) is 3.32. The van der Waals surface area contributed by atoms with Crippen molar-refractivity contribution in [1.29, 1.82) is 5.26 Å². The highest BCUT2D eigenvalue weighted by Crippen LogP contribution is 2.23. The van der Waals surface area contributed by atoms with Crippen molar-refractivity contribution >= 4 is 0 Å². The first kappa shape index (κ1) is 10.8. The fourth-order valence-corrected chi connectivity index (χ4v) is 1.94. The Labute approximate surface area is 94.2 Å². The van der Waals surface area contributed by atoms with Crippen molar-refractivity contribution in [3.8, 4) is 11.9 Å². The Bertz CT molecular complexity index is 401. The molecule has 1 fully saturated rings. The van der Waals surface area contributed by atoms with Gasteiger partial charge in [0, 0.05) is 6.04 Å². The largest absolute Gasteiger partial charge is 0.472 e. The molecule has 2 N–H and O–H groups in total. The van der Waals surface area contributed by atoms with Crippen LogP contribution in [0.5, 0.6) is 5.88 Å². The molecule has 0 saturated heterocycles. The standard InChI is InChI=1S/C11H14N4O/c12-7-8-4-5-14-15-11(8)16-10-3-1-2-9(13)6-10/h4-5,9-10H,1-3,6,13H2. The molecule has 2 atom stereocenters. The molecule has 0 radical (unpaired) electrons. The van der Waals surface area contributed by atoms with E-state index in [9.17, 15) is 0 Å². The third kappa shape index (κ3) is 2.47. The summed E-state index contributed by atoms with van der Waals surface area (Å²) in [6, 6.07) is 3.84. The van der Waals surface area contributed by atoms with E-state index >= 15 is 0 Å². The van der Waals surface area contributed by atoms with Crippen LogP contribution in [-0.4, -0.2) is 22.3 Å². The smallest absolute Gasteiger partial charge is 0.251 e. The molecule has 84 valence electrons. The lowest BCUT2D eigenvalue weighted by Crippen LogP contribution is -2.34. The number of ether oxygens (including phenoxy) is 1. The number of nitriles is 1. The van der Waals surface area contributed by atoms with E-state index < -0.39 is 0 Å². The Morgan fingerprint density at radius 3 is 3.12 bits per heavy atom. The van der Waals surface area contributed by atoms with E-state index in [1.54, 1.807) is 6.07 Å². The van der Waals surface area contributed by atoms with Crippen LogP contribution in [0.25, 0.3) is 0 Å². The lowest BCUT2D eigenvalue weighted by atomic mass is 9.93. The van der Waals surface area contributed by atoms with Crippen molar-refractivity contribution in [2.75, 3.05) is 0 Å². The molecule has 0 spiro atoms. The summed E-state index contributed by atoms with van der Waals surface area (Å²) in [4.78, 5) is 0. The summed E-state index contributed by atoms with van der Waals surface area (Å²) in [7, 11) is 0. The van der Waals surface area contributed by atoms with Crippen molar-refractivity contribution in [3.63, 3.8) is 0 Å². The number of hydrogen-bond acceptors (Lipinski definition) is 5. The summed E-state index contributed by atoms with van der Waals surface area (Å²) in [6.45, 7) is 0. The van der Waals surface area contributed by atoms with Crippen LogP contribution in [0.15, 0.2) is 12.3 Å². The third-order valence-corrected chi connectivity index (χ3v) is 2.75. The van der Waals surface area contributed by atoms with Crippen molar-refractivity contribution in [1.82, 2.24) is 10.2 Å². The zero-order chi connectivity index (χ0) is 11.4. The SMILES string of the molecule is N#Cc1ccnnc1OC1CCCC(N)C1. The molecule has 1 aromatic heterocycles. The number of hydrogen-bond donors (Lipinski definition) is 1. The van der Waals surface area contributed by atoms with Crippen LogP contribution in [0.4, 0.5) is 0 Å². The van der Waals surface area contributed by atoms with Crippen LogP contribution in [-0.2, 0) is 0 Å². The molecule has 1 aromatic rings. The molecular weight excluding hydrogens is 204 g/mol. The van der Waals surface area contributed by atoms with E-state index in [4.69, 9.17) is 15.7 Å². The molecule has 1 heterocycles. The first-order chi connectivity index (χ1) is 7.79. The molecule has 0 bridgehead atoms. The van der Waals surface area contributed by atoms with Gasteiger partial charge in [-0.15, -0.1) is 5.10 Å². The van der Waals surface area contributed by atoms with E-state index in [-0.39, 0.29) is 12.1 Å². The van der Waals surface area contributed by atoms with E-state index in [1.165, 1.54) is 6.20 Å². The Morgan fingerprint density at radius 1 is 1.50 bits per heavy atom. The van der Waals surface area contributed by atoms with E-state index in [2.05, 4.69) is 10.2 Å². The van der Waals surface area contributed by atoms with E-state index in [0.29, 0.717) is 11.4 Å². The predicted octanol–water partition coefficient (Wildman–Crippen LogP) is 0.997.